The van der Waals surface area contributed by atoms with Gasteiger partial charge in [0.1, 0.15) is 0 Å². The van der Waals surface area contributed by atoms with Gasteiger partial charge in [0.05, 0.1) is 12.3 Å². The van der Waals surface area contributed by atoms with Crippen LogP contribution < -0.4 is 0 Å². The third-order valence-corrected chi connectivity index (χ3v) is 4.08. The summed E-state index contributed by atoms with van der Waals surface area (Å²) in [6, 6.07) is -0.350. The summed E-state index contributed by atoms with van der Waals surface area (Å²) in [6.45, 7) is 6.36. The standard InChI is InChI=1S/C17H36NO4/c1-4-6-7-8-9-10-11-12-16(15(3)22-5-2)18(21)17(20)13-14-19/h15-17,19-20H,4-14H2,1-3H3/q-1. The van der Waals surface area contributed by atoms with E-state index in [1.807, 2.05) is 13.8 Å². The molecular weight excluding hydrogens is 282 g/mol. The van der Waals surface area contributed by atoms with E-state index in [0.29, 0.717) is 11.7 Å². The van der Waals surface area contributed by atoms with Crippen molar-refractivity contribution in [1.29, 1.82) is 0 Å². The van der Waals surface area contributed by atoms with Crippen molar-refractivity contribution in [3.63, 3.8) is 0 Å². The van der Waals surface area contributed by atoms with Crippen molar-refractivity contribution in [2.24, 2.45) is 0 Å². The Morgan fingerprint density at radius 3 is 2.14 bits per heavy atom. The van der Waals surface area contributed by atoms with Crippen molar-refractivity contribution < 1.29 is 14.9 Å². The molecular formula is C17H36NO4-. The quantitative estimate of drug-likeness (QED) is 0.275. The van der Waals surface area contributed by atoms with Crippen molar-refractivity contribution in [2.45, 2.75) is 96.9 Å². The summed E-state index contributed by atoms with van der Waals surface area (Å²) in [7, 11) is 0. The Morgan fingerprint density at radius 2 is 1.59 bits per heavy atom. The zero-order chi connectivity index (χ0) is 16.8. The maximum absolute atomic E-state index is 12.2. The van der Waals surface area contributed by atoms with Crippen LogP contribution in [-0.4, -0.2) is 46.9 Å². The van der Waals surface area contributed by atoms with Crippen molar-refractivity contribution in [3.05, 3.63) is 5.21 Å². The van der Waals surface area contributed by atoms with Gasteiger partial charge in [-0.25, -0.2) is 0 Å². The van der Waals surface area contributed by atoms with Crippen LogP contribution in [0, 0.1) is 5.21 Å². The number of unbranched alkanes of at least 4 members (excludes halogenated alkanes) is 6. The van der Waals surface area contributed by atoms with E-state index in [4.69, 9.17) is 9.84 Å². The molecule has 22 heavy (non-hydrogen) atoms. The zero-order valence-corrected chi connectivity index (χ0v) is 14.7. The van der Waals surface area contributed by atoms with Gasteiger partial charge in [-0.05, 0) is 20.3 Å². The molecule has 0 aliphatic heterocycles. The number of hydrogen-bond acceptors (Lipinski definition) is 5. The second-order valence-electron chi connectivity index (χ2n) is 5.99. The normalized spacial score (nSPS) is 16.0. The van der Waals surface area contributed by atoms with Gasteiger partial charge in [0, 0.05) is 25.7 Å². The minimum absolute atomic E-state index is 0.0792. The number of nitrogens with zero attached hydrogens (tertiary/aromatic N) is 1. The molecule has 0 aromatic heterocycles. The van der Waals surface area contributed by atoms with E-state index in [2.05, 4.69) is 6.92 Å². The Bertz CT molecular complexity index is 241. The van der Waals surface area contributed by atoms with E-state index in [-0.39, 0.29) is 25.2 Å². The van der Waals surface area contributed by atoms with E-state index in [1.165, 1.54) is 32.1 Å². The molecule has 0 heterocycles. The highest BCUT2D eigenvalue weighted by Crippen LogP contribution is 2.19. The van der Waals surface area contributed by atoms with Crippen LogP contribution in [0.3, 0.4) is 0 Å². The zero-order valence-electron chi connectivity index (χ0n) is 14.7. The first kappa shape index (κ1) is 21.8. The topological polar surface area (TPSA) is 76.0 Å². The highest BCUT2D eigenvalue weighted by molar-refractivity contribution is 4.80. The molecule has 0 aliphatic carbocycles. The van der Waals surface area contributed by atoms with E-state index in [9.17, 15) is 10.3 Å². The molecule has 134 valence electrons. The summed E-state index contributed by atoms with van der Waals surface area (Å²) in [4.78, 5) is 0. The predicted molar refractivity (Wildman–Crippen MR) is 90.4 cm³/mol. The largest absolute Gasteiger partial charge is 0.783 e. The molecule has 0 saturated heterocycles. The molecule has 3 atom stereocenters. The van der Waals surface area contributed by atoms with E-state index in [0.717, 1.165) is 19.3 Å². The lowest BCUT2D eigenvalue weighted by atomic mass is 10.0. The fourth-order valence-electron chi connectivity index (χ4n) is 2.72. The number of rotatable bonds is 15. The Hall–Kier alpha value is -0.200. The third kappa shape index (κ3) is 9.74. The smallest absolute Gasteiger partial charge is 0.0981 e. The summed E-state index contributed by atoms with van der Waals surface area (Å²) >= 11 is 0. The summed E-state index contributed by atoms with van der Waals surface area (Å²) in [6.07, 6.45) is 7.82. The molecule has 0 fully saturated rings. The van der Waals surface area contributed by atoms with Crippen LogP contribution in [-0.2, 0) is 4.74 Å². The van der Waals surface area contributed by atoms with Crippen molar-refractivity contribution in [1.82, 2.24) is 5.06 Å². The number of aliphatic hydroxyl groups excluding tert-OH is 2. The van der Waals surface area contributed by atoms with Gasteiger partial charge in [0.2, 0.25) is 0 Å². The fraction of sp³-hybridized carbons (Fsp3) is 1.00. The molecule has 0 aromatic carbocycles. The highest BCUT2D eigenvalue weighted by Gasteiger charge is 2.22. The molecule has 5 heteroatoms. The highest BCUT2D eigenvalue weighted by atomic mass is 16.5. The van der Waals surface area contributed by atoms with Crippen LogP contribution in [0.4, 0.5) is 0 Å². The van der Waals surface area contributed by atoms with Gasteiger partial charge in [-0.3, -0.25) is 0 Å². The monoisotopic (exact) mass is 318 g/mol. The van der Waals surface area contributed by atoms with Crippen LogP contribution in [0.15, 0.2) is 0 Å². The Labute approximate surface area is 136 Å². The summed E-state index contributed by atoms with van der Waals surface area (Å²) in [5, 5.41) is 31.6. The first-order chi connectivity index (χ1) is 10.6. The van der Waals surface area contributed by atoms with Gasteiger partial charge < -0.3 is 25.2 Å². The Morgan fingerprint density at radius 1 is 1.00 bits per heavy atom. The molecule has 0 radical (unpaired) electrons. The van der Waals surface area contributed by atoms with Crippen LogP contribution in [0.5, 0.6) is 0 Å². The number of hydrogen-bond donors (Lipinski definition) is 2. The first-order valence-corrected chi connectivity index (χ1v) is 8.94. The lowest BCUT2D eigenvalue weighted by Gasteiger charge is -2.43. The maximum Gasteiger partial charge on any atom is 0.0981 e. The average molecular weight is 318 g/mol. The lowest BCUT2D eigenvalue weighted by molar-refractivity contribution is -0.0598. The van der Waals surface area contributed by atoms with E-state index < -0.39 is 6.23 Å². The molecule has 0 bridgehead atoms. The summed E-state index contributed by atoms with van der Waals surface area (Å²) in [5.74, 6) is 0. The second kappa shape index (κ2) is 14.4. The SMILES string of the molecule is CCCCCCCCCC(C(C)OCC)N([O-])C(O)CCO. The lowest BCUT2D eigenvalue weighted by Crippen LogP contribution is -2.46. The predicted octanol–water partition coefficient (Wildman–Crippen LogP) is 3.42. The van der Waals surface area contributed by atoms with Crippen LogP contribution in [0.25, 0.3) is 0 Å². The van der Waals surface area contributed by atoms with Crippen molar-refractivity contribution in [3.8, 4) is 0 Å². The minimum atomic E-state index is -1.15. The molecule has 5 nitrogen and oxygen atoms in total. The molecule has 0 aromatic rings. The Kier molecular flexibility index (Phi) is 14.3. The first-order valence-electron chi connectivity index (χ1n) is 8.94. The third-order valence-electron chi connectivity index (χ3n) is 4.08. The van der Waals surface area contributed by atoms with Gasteiger partial charge in [0.25, 0.3) is 0 Å². The number of ether oxygens (including phenoxy) is 1. The Balaban J connectivity index is 4.18. The van der Waals surface area contributed by atoms with Crippen molar-refractivity contribution >= 4 is 0 Å². The van der Waals surface area contributed by atoms with E-state index >= 15 is 0 Å². The second-order valence-corrected chi connectivity index (χ2v) is 5.99. The van der Waals surface area contributed by atoms with Gasteiger partial charge >= 0.3 is 0 Å². The number of hydroxylamine groups is 2. The van der Waals surface area contributed by atoms with Crippen LogP contribution >= 0.6 is 0 Å². The van der Waals surface area contributed by atoms with Gasteiger partial charge in [-0.15, -0.1) is 0 Å². The summed E-state index contributed by atoms with van der Waals surface area (Å²) < 4.78 is 5.55. The minimum Gasteiger partial charge on any atom is -0.783 e. The van der Waals surface area contributed by atoms with Gasteiger partial charge in [-0.2, -0.15) is 0 Å². The van der Waals surface area contributed by atoms with E-state index in [1.54, 1.807) is 0 Å². The molecule has 2 N–H and O–H groups in total. The molecule has 0 rings (SSSR count). The molecule has 0 spiro atoms. The molecule has 0 saturated carbocycles. The molecule has 3 unspecified atom stereocenters. The summed E-state index contributed by atoms with van der Waals surface area (Å²) in [5.41, 5.74) is 0. The fourth-order valence-corrected chi connectivity index (χ4v) is 2.72. The van der Waals surface area contributed by atoms with Crippen LogP contribution in [0.1, 0.15) is 78.6 Å². The van der Waals surface area contributed by atoms with Crippen LogP contribution in [0.2, 0.25) is 0 Å². The number of aliphatic hydroxyl groups is 2. The van der Waals surface area contributed by atoms with Crippen molar-refractivity contribution in [2.75, 3.05) is 13.2 Å². The average Bonchev–Trinajstić information content (AvgIpc) is 2.50. The molecule has 0 aliphatic rings. The van der Waals surface area contributed by atoms with Gasteiger partial charge in [-0.1, -0.05) is 51.9 Å². The maximum atomic E-state index is 12.2. The molecule has 0 amide bonds. The van der Waals surface area contributed by atoms with Gasteiger partial charge in [0.15, 0.2) is 0 Å².